The first kappa shape index (κ1) is 10.2. The molecule has 1 atom stereocenters. The Morgan fingerprint density at radius 1 is 1.44 bits per heavy atom. The van der Waals surface area contributed by atoms with Gasteiger partial charge in [-0.15, -0.1) is 10.2 Å². The Morgan fingerprint density at radius 2 is 2.38 bits per heavy atom. The molecule has 2 aromatic rings. The highest BCUT2D eigenvalue weighted by Crippen LogP contribution is 2.17. The van der Waals surface area contributed by atoms with Crippen molar-refractivity contribution in [1.29, 1.82) is 0 Å². The van der Waals surface area contributed by atoms with Gasteiger partial charge in [-0.1, -0.05) is 0 Å². The molecule has 1 N–H and O–H groups in total. The van der Waals surface area contributed by atoms with Crippen LogP contribution in [0.5, 0.6) is 0 Å². The fourth-order valence-corrected chi connectivity index (χ4v) is 2.54. The number of aromatic nitrogens is 3. The number of rotatable bonds is 2. The molecule has 0 saturated carbocycles. The maximum atomic E-state index is 4.26. The average Bonchev–Trinajstić information content (AvgIpc) is 2.90. The minimum Gasteiger partial charge on any atom is -0.316 e. The summed E-state index contributed by atoms with van der Waals surface area (Å²) >= 11 is 3.48. The van der Waals surface area contributed by atoms with E-state index in [0.29, 0.717) is 5.92 Å². The number of hydrogen-bond donors (Lipinski definition) is 1. The second-order valence-corrected chi connectivity index (χ2v) is 5.17. The van der Waals surface area contributed by atoms with Crippen LogP contribution in [0.1, 0.15) is 12.2 Å². The van der Waals surface area contributed by atoms with Crippen molar-refractivity contribution >= 4 is 21.6 Å². The van der Waals surface area contributed by atoms with Crippen LogP contribution in [0, 0.1) is 5.92 Å². The quantitative estimate of drug-likeness (QED) is 0.910. The Morgan fingerprint density at radius 3 is 3.19 bits per heavy atom. The van der Waals surface area contributed by atoms with Crippen LogP contribution in [0.15, 0.2) is 22.8 Å². The van der Waals surface area contributed by atoms with Crippen molar-refractivity contribution in [1.82, 2.24) is 19.9 Å². The highest BCUT2D eigenvalue weighted by molar-refractivity contribution is 9.10. The van der Waals surface area contributed by atoms with Crippen LogP contribution < -0.4 is 5.32 Å². The number of nitrogens with zero attached hydrogens (tertiary/aromatic N) is 3. The first-order valence-corrected chi connectivity index (χ1v) is 6.32. The largest absolute Gasteiger partial charge is 0.316 e. The van der Waals surface area contributed by atoms with Gasteiger partial charge in [0.15, 0.2) is 5.65 Å². The third-order valence-electron chi connectivity index (χ3n) is 3.07. The van der Waals surface area contributed by atoms with E-state index in [1.165, 1.54) is 6.42 Å². The molecule has 0 amide bonds. The topological polar surface area (TPSA) is 42.2 Å². The average molecular weight is 281 g/mol. The third-order valence-corrected chi connectivity index (χ3v) is 3.54. The van der Waals surface area contributed by atoms with Crippen molar-refractivity contribution in [2.75, 3.05) is 13.1 Å². The van der Waals surface area contributed by atoms with E-state index in [4.69, 9.17) is 0 Å². The van der Waals surface area contributed by atoms with Crippen molar-refractivity contribution in [3.8, 4) is 0 Å². The van der Waals surface area contributed by atoms with Gasteiger partial charge in [0.05, 0.1) is 0 Å². The molecule has 0 spiro atoms. The van der Waals surface area contributed by atoms with Gasteiger partial charge in [-0.3, -0.25) is 4.40 Å². The van der Waals surface area contributed by atoms with Crippen LogP contribution in [-0.4, -0.2) is 27.7 Å². The van der Waals surface area contributed by atoms with Gasteiger partial charge in [0, 0.05) is 17.1 Å². The first-order chi connectivity index (χ1) is 7.83. The van der Waals surface area contributed by atoms with Gasteiger partial charge >= 0.3 is 0 Å². The Balaban J connectivity index is 1.93. The van der Waals surface area contributed by atoms with Crippen molar-refractivity contribution < 1.29 is 0 Å². The summed E-state index contributed by atoms with van der Waals surface area (Å²) in [5.74, 6) is 1.76. The molecule has 16 heavy (non-hydrogen) atoms. The van der Waals surface area contributed by atoms with Crippen LogP contribution in [0.4, 0.5) is 0 Å². The van der Waals surface area contributed by atoms with E-state index in [1.54, 1.807) is 0 Å². The lowest BCUT2D eigenvalue weighted by Gasteiger charge is -2.06. The standard InChI is InChI=1S/C11H13BrN4/c12-9-1-2-10-14-15-11(16(10)7-9)5-8-3-4-13-6-8/h1-2,7-8,13H,3-6H2. The van der Waals surface area contributed by atoms with Crippen LogP contribution in [-0.2, 0) is 6.42 Å². The second kappa shape index (κ2) is 4.14. The predicted molar refractivity (Wildman–Crippen MR) is 65.4 cm³/mol. The molecule has 4 nitrogen and oxygen atoms in total. The number of pyridine rings is 1. The normalized spacial score (nSPS) is 20.7. The lowest BCUT2D eigenvalue weighted by atomic mass is 10.1. The first-order valence-electron chi connectivity index (χ1n) is 5.53. The number of nitrogens with one attached hydrogen (secondary N) is 1. The zero-order chi connectivity index (χ0) is 11.0. The monoisotopic (exact) mass is 280 g/mol. The Labute approximate surface area is 102 Å². The zero-order valence-corrected chi connectivity index (χ0v) is 10.4. The smallest absolute Gasteiger partial charge is 0.160 e. The summed E-state index contributed by atoms with van der Waals surface area (Å²) < 4.78 is 3.13. The Kier molecular flexibility index (Phi) is 2.65. The zero-order valence-electron chi connectivity index (χ0n) is 8.86. The van der Waals surface area contributed by atoms with Crippen molar-refractivity contribution in [3.05, 3.63) is 28.6 Å². The fraction of sp³-hybridized carbons (Fsp3) is 0.455. The summed E-state index contributed by atoms with van der Waals surface area (Å²) in [7, 11) is 0. The number of fused-ring (bicyclic) bond motifs is 1. The molecule has 2 aromatic heterocycles. The summed E-state index contributed by atoms with van der Waals surface area (Å²) in [6.45, 7) is 2.23. The SMILES string of the molecule is Brc1ccc2nnc(CC3CCNC3)n2c1. The Bertz CT molecular complexity index is 502. The summed E-state index contributed by atoms with van der Waals surface area (Å²) in [5.41, 5.74) is 0.921. The van der Waals surface area contributed by atoms with Gasteiger partial charge in [0.2, 0.25) is 0 Å². The molecule has 0 bridgehead atoms. The second-order valence-electron chi connectivity index (χ2n) is 4.25. The molecule has 0 radical (unpaired) electrons. The molecule has 5 heteroatoms. The molecule has 3 rings (SSSR count). The van der Waals surface area contributed by atoms with E-state index < -0.39 is 0 Å². The maximum Gasteiger partial charge on any atom is 0.160 e. The number of hydrogen-bond acceptors (Lipinski definition) is 3. The van der Waals surface area contributed by atoms with Gasteiger partial charge in [-0.25, -0.2) is 0 Å². The van der Waals surface area contributed by atoms with E-state index in [2.05, 4.69) is 35.8 Å². The highest BCUT2D eigenvalue weighted by Gasteiger charge is 2.17. The van der Waals surface area contributed by atoms with Crippen LogP contribution >= 0.6 is 15.9 Å². The van der Waals surface area contributed by atoms with Crippen LogP contribution in [0.25, 0.3) is 5.65 Å². The number of halogens is 1. The van der Waals surface area contributed by atoms with Crippen molar-refractivity contribution in [3.63, 3.8) is 0 Å². The molecule has 84 valence electrons. The molecule has 1 unspecified atom stereocenters. The van der Waals surface area contributed by atoms with E-state index in [-0.39, 0.29) is 0 Å². The van der Waals surface area contributed by atoms with Crippen molar-refractivity contribution in [2.45, 2.75) is 12.8 Å². The van der Waals surface area contributed by atoms with E-state index >= 15 is 0 Å². The third kappa shape index (κ3) is 1.85. The van der Waals surface area contributed by atoms with E-state index in [0.717, 1.165) is 35.5 Å². The summed E-state index contributed by atoms with van der Waals surface area (Å²) in [6.07, 6.45) is 4.28. The van der Waals surface area contributed by atoms with E-state index in [1.807, 2.05) is 18.3 Å². The molecular formula is C11H13BrN4. The molecule has 0 aromatic carbocycles. The lowest BCUT2D eigenvalue weighted by molar-refractivity contribution is 0.558. The van der Waals surface area contributed by atoms with Crippen molar-refractivity contribution in [2.24, 2.45) is 5.92 Å². The molecule has 0 aliphatic carbocycles. The van der Waals surface area contributed by atoms with Crippen LogP contribution in [0.2, 0.25) is 0 Å². The lowest BCUT2D eigenvalue weighted by Crippen LogP contribution is -2.12. The Hall–Kier alpha value is -0.940. The molecule has 1 aliphatic rings. The molecule has 1 fully saturated rings. The van der Waals surface area contributed by atoms with E-state index in [9.17, 15) is 0 Å². The molecule has 1 aliphatic heterocycles. The minimum absolute atomic E-state index is 0.700. The fourth-order valence-electron chi connectivity index (χ4n) is 2.20. The van der Waals surface area contributed by atoms with Gasteiger partial charge in [-0.05, 0) is 53.5 Å². The predicted octanol–water partition coefficient (Wildman–Crippen LogP) is 1.64. The summed E-state index contributed by atoms with van der Waals surface area (Å²) in [5, 5.41) is 11.8. The van der Waals surface area contributed by atoms with Gasteiger partial charge in [0.1, 0.15) is 5.82 Å². The minimum atomic E-state index is 0.700. The van der Waals surface area contributed by atoms with Gasteiger partial charge in [0.25, 0.3) is 0 Å². The maximum absolute atomic E-state index is 4.26. The van der Waals surface area contributed by atoms with Gasteiger partial charge in [-0.2, -0.15) is 0 Å². The van der Waals surface area contributed by atoms with Gasteiger partial charge < -0.3 is 5.32 Å². The molecular weight excluding hydrogens is 268 g/mol. The molecule has 3 heterocycles. The van der Waals surface area contributed by atoms with Crippen LogP contribution in [0.3, 0.4) is 0 Å². The summed E-state index contributed by atoms with van der Waals surface area (Å²) in [4.78, 5) is 0. The summed E-state index contributed by atoms with van der Waals surface area (Å²) in [6, 6.07) is 3.97. The molecule has 1 saturated heterocycles. The highest BCUT2D eigenvalue weighted by atomic mass is 79.9.